The van der Waals surface area contributed by atoms with Gasteiger partial charge in [-0.05, 0) is 32.1 Å². The van der Waals surface area contributed by atoms with E-state index in [-0.39, 0.29) is 12.6 Å². The lowest BCUT2D eigenvalue weighted by atomic mass is 9.86. The summed E-state index contributed by atoms with van der Waals surface area (Å²) in [7, 11) is 0. The zero-order chi connectivity index (χ0) is 14.6. The first kappa shape index (κ1) is 15.1. The predicted molar refractivity (Wildman–Crippen MR) is 76.6 cm³/mol. The molecule has 2 fully saturated rings. The van der Waals surface area contributed by atoms with Crippen molar-refractivity contribution in [3.05, 3.63) is 0 Å². The second-order valence-corrected chi connectivity index (χ2v) is 6.23. The molecule has 0 bridgehead atoms. The van der Waals surface area contributed by atoms with Gasteiger partial charge in [0.05, 0.1) is 5.41 Å². The summed E-state index contributed by atoms with van der Waals surface area (Å²) in [6, 6.07) is 0.305. The molecule has 114 valence electrons. The molecule has 0 unspecified atom stereocenters. The molecule has 0 aromatic heterocycles. The Morgan fingerprint density at radius 2 is 1.95 bits per heavy atom. The summed E-state index contributed by atoms with van der Waals surface area (Å²) in [6.07, 6.45) is 7.50. The predicted octanol–water partition coefficient (Wildman–Crippen LogP) is 2.61. The number of carboxylic acids is 1. The van der Waals surface area contributed by atoms with Crippen molar-refractivity contribution in [2.24, 2.45) is 5.41 Å². The van der Waals surface area contributed by atoms with E-state index < -0.39 is 11.4 Å². The molecule has 0 radical (unpaired) electrons. The monoisotopic (exact) mass is 282 g/mol. The number of unbranched alkanes of at least 4 members (excludes halogenated alkanes) is 1. The third-order valence-corrected chi connectivity index (χ3v) is 4.59. The lowest BCUT2D eigenvalue weighted by molar-refractivity contribution is -0.148. The third kappa shape index (κ3) is 3.44. The second-order valence-electron chi connectivity index (χ2n) is 6.23. The number of aliphatic carboxylic acids is 1. The molecule has 0 saturated heterocycles. The van der Waals surface area contributed by atoms with Crippen molar-refractivity contribution in [3.63, 3.8) is 0 Å². The third-order valence-electron chi connectivity index (χ3n) is 4.59. The van der Waals surface area contributed by atoms with Crippen molar-refractivity contribution in [1.29, 1.82) is 0 Å². The SMILES string of the molecule is CCCCN(C(=O)NCC1(C(=O)O)CCCC1)C1CC1. The number of hydrogen-bond acceptors (Lipinski definition) is 2. The Morgan fingerprint density at radius 1 is 1.30 bits per heavy atom. The van der Waals surface area contributed by atoms with E-state index in [1.807, 2.05) is 4.90 Å². The zero-order valence-electron chi connectivity index (χ0n) is 12.4. The highest BCUT2D eigenvalue weighted by Gasteiger charge is 2.42. The highest BCUT2D eigenvalue weighted by atomic mass is 16.4. The number of nitrogens with one attached hydrogen (secondary N) is 1. The van der Waals surface area contributed by atoms with Crippen LogP contribution in [0.2, 0.25) is 0 Å². The van der Waals surface area contributed by atoms with Gasteiger partial charge >= 0.3 is 12.0 Å². The van der Waals surface area contributed by atoms with Crippen LogP contribution >= 0.6 is 0 Å². The van der Waals surface area contributed by atoms with Gasteiger partial charge in [-0.25, -0.2) is 4.79 Å². The Labute approximate surface area is 120 Å². The molecule has 0 spiro atoms. The van der Waals surface area contributed by atoms with Crippen LogP contribution in [-0.2, 0) is 4.79 Å². The Hall–Kier alpha value is -1.26. The largest absolute Gasteiger partial charge is 0.481 e. The van der Waals surface area contributed by atoms with Crippen molar-refractivity contribution >= 4 is 12.0 Å². The van der Waals surface area contributed by atoms with E-state index in [2.05, 4.69) is 12.2 Å². The van der Waals surface area contributed by atoms with E-state index >= 15 is 0 Å². The Balaban J connectivity index is 1.87. The summed E-state index contributed by atoms with van der Waals surface area (Å²) in [5, 5.41) is 12.3. The van der Waals surface area contributed by atoms with Crippen LogP contribution in [0.1, 0.15) is 58.3 Å². The minimum absolute atomic E-state index is 0.0755. The standard InChI is InChI=1S/C15H26N2O3/c1-2-3-10-17(12-6-7-12)14(20)16-11-15(13(18)19)8-4-5-9-15/h12H,2-11H2,1H3,(H,16,20)(H,18,19). The summed E-state index contributed by atoms with van der Waals surface area (Å²) < 4.78 is 0. The highest BCUT2D eigenvalue weighted by molar-refractivity contribution is 5.78. The molecule has 0 aromatic carbocycles. The van der Waals surface area contributed by atoms with E-state index in [1.165, 1.54) is 0 Å². The molecule has 0 aromatic rings. The van der Waals surface area contributed by atoms with Crippen LogP contribution in [0.25, 0.3) is 0 Å². The van der Waals surface area contributed by atoms with Crippen LogP contribution in [0.15, 0.2) is 0 Å². The van der Waals surface area contributed by atoms with E-state index in [9.17, 15) is 14.7 Å². The molecule has 20 heavy (non-hydrogen) atoms. The minimum atomic E-state index is -0.762. The molecule has 2 aliphatic carbocycles. The average Bonchev–Trinajstić information content (AvgIpc) is 3.14. The van der Waals surface area contributed by atoms with Gasteiger partial charge in [0.25, 0.3) is 0 Å². The fraction of sp³-hybridized carbons (Fsp3) is 0.867. The number of urea groups is 1. The summed E-state index contributed by atoms with van der Waals surface area (Å²) in [5.74, 6) is -0.762. The van der Waals surface area contributed by atoms with Gasteiger partial charge in [0.1, 0.15) is 0 Å². The molecule has 0 aliphatic heterocycles. The molecule has 2 saturated carbocycles. The maximum atomic E-state index is 12.3. The van der Waals surface area contributed by atoms with E-state index in [1.54, 1.807) is 0 Å². The zero-order valence-corrected chi connectivity index (χ0v) is 12.4. The lowest BCUT2D eigenvalue weighted by Crippen LogP contribution is -2.47. The molecule has 2 rings (SSSR count). The Bertz CT molecular complexity index is 360. The van der Waals surface area contributed by atoms with Crippen molar-refractivity contribution in [3.8, 4) is 0 Å². The number of rotatable bonds is 7. The number of carboxylic acid groups (broad SMARTS) is 1. The van der Waals surface area contributed by atoms with Gasteiger partial charge in [-0.3, -0.25) is 4.79 Å². The minimum Gasteiger partial charge on any atom is -0.481 e. The molecule has 5 heteroatoms. The van der Waals surface area contributed by atoms with Gasteiger partial charge in [0, 0.05) is 19.1 Å². The van der Waals surface area contributed by atoms with Crippen LogP contribution in [-0.4, -0.2) is 41.1 Å². The number of nitrogens with zero attached hydrogens (tertiary/aromatic N) is 1. The van der Waals surface area contributed by atoms with Crippen LogP contribution in [0.3, 0.4) is 0 Å². The number of hydrogen-bond donors (Lipinski definition) is 2. The number of amides is 2. The van der Waals surface area contributed by atoms with Crippen LogP contribution in [0.5, 0.6) is 0 Å². The van der Waals surface area contributed by atoms with Crippen molar-refractivity contribution in [2.45, 2.75) is 64.3 Å². The fourth-order valence-electron chi connectivity index (χ4n) is 3.03. The number of carbonyl (C=O) groups excluding carboxylic acids is 1. The summed E-state index contributed by atoms with van der Waals surface area (Å²) in [5.41, 5.74) is -0.727. The molecule has 0 atom stereocenters. The molecular weight excluding hydrogens is 256 g/mol. The van der Waals surface area contributed by atoms with Gasteiger partial charge in [0.2, 0.25) is 0 Å². The fourth-order valence-corrected chi connectivity index (χ4v) is 3.03. The molecule has 0 heterocycles. The van der Waals surface area contributed by atoms with Gasteiger partial charge < -0.3 is 15.3 Å². The maximum Gasteiger partial charge on any atom is 0.317 e. The topological polar surface area (TPSA) is 69.6 Å². The van der Waals surface area contributed by atoms with Crippen molar-refractivity contribution in [1.82, 2.24) is 10.2 Å². The molecule has 2 N–H and O–H groups in total. The van der Waals surface area contributed by atoms with Crippen LogP contribution < -0.4 is 5.32 Å². The molecule has 5 nitrogen and oxygen atoms in total. The van der Waals surface area contributed by atoms with Crippen LogP contribution in [0, 0.1) is 5.41 Å². The first-order valence-corrected chi connectivity index (χ1v) is 7.87. The van der Waals surface area contributed by atoms with Gasteiger partial charge in [0.15, 0.2) is 0 Å². The first-order valence-electron chi connectivity index (χ1n) is 7.87. The van der Waals surface area contributed by atoms with E-state index in [0.717, 1.165) is 45.1 Å². The average molecular weight is 282 g/mol. The van der Waals surface area contributed by atoms with Gasteiger partial charge in [-0.15, -0.1) is 0 Å². The van der Waals surface area contributed by atoms with Gasteiger partial charge in [-0.2, -0.15) is 0 Å². The molecular formula is C15H26N2O3. The molecule has 2 aliphatic rings. The summed E-state index contributed by atoms with van der Waals surface area (Å²) in [4.78, 5) is 25.6. The quantitative estimate of drug-likeness (QED) is 0.754. The van der Waals surface area contributed by atoms with E-state index in [4.69, 9.17) is 0 Å². The van der Waals surface area contributed by atoms with Gasteiger partial charge in [-0.1, -0.05) is 26.2 Å². The highest BCUT2D eigenvalue weighted by Crippen LogP contribution is 2.38. The number of carbonyl (C=O) groups is 2. The van der Waals surface area contributed by atoms with Crippen molar-refractivity contribution < 1.29 is 14.7 Å². The summed E-state index contributed by atoms with van der Waals surface area (Å²) >= 11 is 0. The smallest absolute Gasteiger partial charge is 0.317 e. The van der Waals surface area contributed by atoms with Crippen molar-refractivity contribution in [2.75, 3.05) is 13.1 Å². The van der Waals surface area contributed by atoms with E-state index in [0.29, 0.717) is 18.9 Å². The van der Waals surface area contributed by atoms with Crippen LogP contribution in [0.4, 0.5) is 4.79 Å². The first-order chi connectivity index (χ1) is 9.59. The molecule has 2 amide bonds. The lowest BCUT2D eigenvalue weighted by Gasteiger charge is -2.28. The maximum absolute atomic E-state index is 12.3. The Kier molecular flexibility index (Phi) is 4.89. The second kappa shape index (κ2) is 6.46. The summed E-state index contributed by atoms with van der Waals surface area (Å²) in [6.45, 7) is 3.17. The normalized spacial score (nSPS) is 20.6. The Morgan fingerprint density at radius 3 is 2.45 bits per heavy atom.